The van der Waals surface area contributed by atoms with Gasteiger partial charge in [0.25, 0.3) is 5.91 Å². The van der Waals surface area contributed by atoms with Crippen LogP contribution in [0.1, 0.15) is 10.4 Å². The Hall–Kier alpha value is -2.19. The van der Waals surface area contributed by atoms with Gasteiger partial charge in [0, 0.05) is 16.6 Å². The Morgan fingerprint density at radius 2 is 2.09 bits per heavy atom. The van der Waals surface area contributed by atoms with Crippen molar-refractivity contribution in [3.8, 4) is 0 Å². The molecule has 6 nitrogen and oxygen atoms in total. The van der Waals surface area contributed by atoms with Crippen LogP contribution in [0.2, 0.25) is 0 Å². The number of benzene rings is 1. The van der Waals surface area contributed by atoms with Gasteiger partial charge in [-0.2, -0.15) is 0 Å². The summed E-state index contributed by atoms with van der Waals surface area (Å²) in [6, 6.07) is 6.07. The van der Waals surface area contributed by atoms with Crippen LogP contribution in [-0.2, 0) is 14.6 Å². The summed E-state index contributed by atoms with van der Waals surface area (Å²) >= 11 is 1.27. The predicted octanol–water partition coefficient (Wildman–Crippen LogP) is 2.15. The van der Waals surface area contributed by atoms with Crippen molar-refractivity contribution < 1.29 is 18.3 Å². The Morgan fingerprint density at radius 1 is 1.36 bits per heavy atom. The zero-order valence-electron chi connectivity index (χ0n) is 11.5. The van der Waals surface area contributed by atoms with Gasteiger partial charge in [-0.15, -0.1) is 11.3 Å². The van der Waals surface area contributed by atoms with E-state index in [4.69, 9.17) is 0 Å². The Balaban J connectivity index is 2.02. The highest BCUT2D eigenvalue weighted by molar-refractivity contribution is 7.91. The number of carbonyl (C=O) groups excluding carboxylic acids is 1. The van der Waals surface area contributed by atoms with Gasteiger partial charge in [-0.25, -0.2) is 13.4 Å². The lowest BCUT2D eigenvalue weighted by Crippen LogP contribution is -2.26. The molecule has 2 heterocycles. The maximum absolute atomic E-state index is 12.3. The van der Waals surface area contributed by atoms with Crippen LogP contribution in [0, 0.1) is 6.92 Å². The third-order valence-electron chi connectivity index (χ3n) is 3.21. The standard InChI is InChI=1S/C14H12N2O4S2/c1-8-6-15-14(21-8)16-13(18)10-7-22(19,20)11-5-3-2-4-9(11)12(10)17/h2-6,17H,7H2,1H3,(H,15,16,18). The fourth-order valence-electron chi connectivity index (χ4n) is 2.19. The lowest BCUT2D eigenvalue weighted by atomic mass is 10.1. The van der Waals surface area contributed by atoms with E-state index in [0.29, 0.717) is 5.13 Å². The normalized spacial score (nSPS) is 16.2. The highest BCUT2D eigenvalue weighted by Gasteiger charge is 2.33. The smallest absolute Gasteiger partial charge is 0.258 e. The molecule has 8 heteroatoms. The third kappa shape index (κ3) is 2.51. The highest BCUT2D eigenvalue weighted by atomic mass is 32.2. The van der Waals surface area contributed by atoms with Crippen molar-refractivity contribution in [2.75, 3.05) is 11.1 Å². The molecule has 3 rings (SSSR count). The Kier molecular flexibility index (Phi) is 3.50. The van der Waals surface area contributed by atoms with Gasteiger partial charge >= 0.3 is 0 Å². The van der Waals surface area contributed by atoms with Gasteiger partial charge < -0.3 is 5.11 Å². The van der Waals surface area contributed by atoms with Crippen LogP contribution in [0.15, 0.2) is 40.9 Å². The molecule has 0 saturated heterocycles. The first-order valence-corrected chi connectivity index (χ1v) is 8.83. The molecule has 0 fully saturated rings. The molecule has 1 aromatic carbocycles. The van der Waals surface area contributed by atoms with Crippen LogP contribution < -0.4 is 5.32 Å². The number of thiazole rings is 1. The summed E-state index contributed by atoms with van der Waals surface area (Å²) in [6.07, 6.45) is 1.60. The molecular weight excluding hydrogens is 324 g/mol. The number of aromatic nitrogens is 1. The highest BCUT2D eigenvalue weighted by Crippen LogP contribution is 2.32. The molecule has 2 N–H and O–H groups in total. The van der Waals surface area contributed by atoms with Crippen molar-refractivity contribution in [2.24, 2.45) is 0 Å². The zero-order chi connectivity index (χ0) is 15.9. The Labute approximate surface area is 131 Å². The van der Waals surface area contributed by atoms with E-state index < -0.39 is 21.5 Å². The molecule has 1 aromatic heterocycles. The molecule has 1 aliphatic heterocycles. The second-order valence-corrected chi connectivity index (χ2v) is 8.01. The number of hydrogen-bond donors (Lipinski definition) is 2. The van der Waals surface area contributed by atoms with Gasteiger partial charge in [0.2, 0.25) is 0 Å². The van der Waals surface area contributed by atoms with Crippen LogP contribution in [-0.4, -0.2) is 30.2 Å². The fourth-order valence-corrected chi connectivity index (χ4v) is 4.44. The molecule has 114 valence electrons. The number of hydrogen-bond acceptors (Lipinski definition) is 6. The number of aliphatic hydroxyl groups is 1. The van der Waals surface area contributed by atoms with E-state index in [2.05, 4.69) is 10.3 Å². The second-order valence-electron chi connectivity index (χ2n) is 4.81. The number of aryl methyl sites for hydroxylation is 1. The molecule has 1 aliphatic rings. The molecule has 0 bridgehead atoms. The van der Waals surface area contributed by atoms with Crippen LogP contribution in [0.3, 0.4) is 0 Å². The summed E-state index contributed by atoms with van der Waals surface area (Å²) in [5, 5.41) is 13.1. The number of fused-ring (bicyclic) bond motifs is 1. The quantitative estimate of drug-likeness (QED) is 0.876. The minimum Gasteiger partial charge on any atom is -0.507 e. The molecule has 22 heavy (non-hydrogen) atoms. The predicted molar refractivity (Wildman–Crippen MR) is 83.5 cm³/mol. The largest absolute Gasteiger partial charge is 0.507 e. The van der Waals surface area contributed by atoms with Gasteiger partial charge in [-0.1, -0.05) is 12.1 Å². The molecule has 0 saturated carbocycles. The summed E-state index contributed by atoms with van der Waals surface area (Å²) in [7, 11) is -3.65. The Morgan fingerprint density at radius 3 is 2.77 bits per heavy atom. The fraction of sp³-hybridized carbons (Fsp3) is 0.143. The van der Waals surface area contributed by atoms with E-state index in [1.54, 1.807) is 18.3 Å². The molecule has 1 amide bonds. The number of nitrogens with one attached hydrogen (secondary N) is 1. The topological polar surface area (TPSA) is 96.4 Å². The SMILES string of the molecule is Cc1cnc(NC(=O)C2=C(O)c3ccccc3S(=O)(=O)C2)s1. The summed E-state index contributed by atoms with van der Waals surface area (Å²) < 4.78 is 24.5. The van der Waals surface area contributed by atoms with Gasteiger partial charge in [-0.05, 0) is 19.1 Å². The van der Waals surface area contributed by atoms with Crippen molar-refractivity contribution >= 4 is 38.0 Å². The first kappa shape index (κ1) is 14.7. The first-order chi connectivity index (χ1) is 10.4. The summed E-state index contributed by atoms with van der Waals surface area (Å²) in [4.78, 5) is 17.2. The summed E-state index contributed by atoms with van der Waals surface area (Å²) in [5.41, 5.74) is -0.0271. The van der Waals surface area contributed by atoms with Crippen molar-refractivity contribution in [3.05, 3.63) is 46.5 Å². The maximum Gasteiger partial charge on any atom is 0.258 e. The third-order valence-corrected chi connectivity index (χ3v) is 5.74. The van der Waals surface area contributed by atoms with Gasteiger partial charge in [-0.3, -0.25) is 10.1 Å². The van der Waals surface area contributed by atoms with Crippen LogP contribution >= 0.6 is 11.3 Å². The van der Waals surface area contributed by atoms with Crippen LogP contribution in [0.4, 0.5) is 5.13 Å². The number of nitrogens with zero attached hydrogens (tertiary/aromatic N) is 1. The van der Waals surface area contributed by atoms with Gasteiger partial charge in [0.15, 0.2) is 15.0 Å². The molecule has 0 spiro atoms. The number of anilines is 1. The second kappa shape index (κ2) is 5.22. The van der Waals surface area contributed by atoms with E-state index in [-0.39, 0.29) is 21.8 Å². The van der Waals surface area contributed by atoms with E-state index in [1.807, 2.05) is 6.92 Å². The zero-order valence-corrected chi connectivity index (χ0v) is 13.2. The lowest BCUT2D eigenvalue weighted by Gasteiger charge is -2.19. The average Bonchev–Trinajstić information content (AvgIpc) is 2.88. The van der Waals surface area contributed by atoms with Crippen molar-refractivity contribution in [3.63, 3.8) is 0 Å². The molecular formula is C14H12N2O4S2. The van der Waals surface area contributed by atoms with E-state index in [0.717, 1.165) is 4.88 Å². The van der Waals surface area contributed by atoms with E-state index >= 15 is 0 Å². The molecule has 0 aliphatic carbocycles. The number of sulfone groups is 1. The summed E-state index contributed by atoms with van der Waals surface area (Å²) in [5.74, 6) is -1.51. The first-order valence-electron chi connectivity index (χ1n) is 6.36. The van der Waals surface area contributed by atoms with Crippen LogP contribution in [0.25, 0.3) is 5.76 Å². The molecule has 0 radical (unpaired) electrons. The monoisotopic (exact) mass is 336 g/mol. The van der Waals surface area contributed by atoms with Gasteiger partial charge in [0.05, 0.1) is 16.2 Å². The van der Waals surface area contributed by atoms with Gasteiger partial charge in [0.1, 0.15) is 5.76 Å². The average molecular weight is 336 g/mol. The number of rotatable bonds is 2. The molecule has 0 unspecified atom stereocenters. The number of carbonyl (C=O) groups is 1. The molecule has 2 aromatic rings. The van der Waals surface area contributed by atoms with E-state index in [9.17, 15) is 18.3 Å². The Bertz CT molecular complexity index is 897. The number of aliphatic hydroxyl groups excluding tert-OH is 1. The minimum atomic E-state index is -3.65. The molecule has 0 atom stereocenters. The number of amides is 1. The minimum absolute atomic E-state index is 0.0362. The summed E-state index contributed by atoms with van der Waals surface area (Å²) in [6.45, 7) is 1.84. The van der Waals surface area contributed by atoms with Crippen molar-refractivity contribution in [1.29, 1.82) is 0 Å². The maximum atomic E-state index is 12.3. The van der Waals surface area contributed by atoms with Crippen LogP contribution in [0.5, 0.6) is 0 Å². The van der Waals surface area contributed by atoms with E-state index in [1.165, 1.54) is 23.5 Å². The van der Waals surface area contributed by atoms with Crippen molar-refractivity contribution in [1.82, 2.24) is 4.98 Å². The van der Waals surface area contributed by atoms with Crippen molar-refractivity contribution in [2.45, 2.75) is 11.8 Å². The lowest BCUT2D eigenvalue weighted by molar-refractivity contribution is -0.112.